The molecule has 0 bridgehead atoms. The Hall–Kier alpha value is -2.46. The molecule has 1 saturated heterocycles. The average molecular weight is 492 g/mol. The zero-order valence-electron chi connectivity index (χ0n) is 18.3. The highest BCUT2D eigenvalue weighted by Gasteiger charge is 2.38. The molecule has 10 heteroatoms. The first-order valence-electron chi connectivity index (χ1n) is 10.8. The Morgan fingerprint density at radius 1 is 1.15 bits per heavy atom. The molecule has 0 aromatic heterocycles. The summed E-state index contributed by atoms with van der Waals surface area (Å²) in [5.74, 6) is -0.560. The molecule has 8 nitrogen and oxygen atoms in total. The van der Waals surface area contributed by atoms with E-state index in [1.807, 2.05) is 18.2 Å². The number of amides is 2. The molecular weight excluding hydrogens is 466 g/mol. The van der Waals surface area contributed by atoms with Gasteiger partial charge in [0.05, 0.1) is 18.1 Å². The van der Waals surface area contributed by atoms with Crippen LogP contribution in [0.2, 0.25) is 5.02 Å². The highest BCUT2D eigenvalue weighted by Crippen LogP contribution is 2.35. The number of halogens is 1. The van der Waals surface area contributed by atoms with Crippen molar-refractivity contribution in [2.75, 3.05) is 37.7 Å². The highest BCUT2D eigenvalue weighted by atomic mass is 35.5. The molecule has 1 fully saturated rings. The number of hydrogen-bond donors (Lipinski definition) is 1. The minimum absolute atomic E-state index is 0.159. The fourth-order valence-corrected chi connectivity index (χ4v) is 5.95. The number of carbonyl (C=O) groups is 2. The van der Waals surface area contributed by atoms with Gasteiger partial charge in [0.2, 0.25) is 21.8 Å². The van der Waals surface area contributed by atoms with Gasteiger partial charge in [0.15, 0.2) is 0 Å². The van der Waals surface area contributed by atoms with Crippen molar-refractivity contribution in [3.8, 4) is 0 Å². The normalized spacial score (nSPS) is 18.7. The van der Waals surface area contributed by atoms with Crippen LogP contribution in [0.25, 0.3) is 0 Å². The number of fused-ring (bicyclic) bond motifs is 1. The molecule has 2 aromatic carbocycles. The number of sulfonamides is 1. The second-order valence-corrected chi connectivity index (χ2v) is 10.4. The van der Waals surface area contributed by atoms with E-state index in [4.69, 9.17) is 16.3 Å². The lowest BCUT2D eigenvalue weighted by Crippen LogP contribution is -2.47. The summed E-state index contributed by atoms with van der Waals surface area (Å²) in [6, 6.07) is 11.4. The van der Waals surface area contributed by atoms with Crippen molar-refractivity contribution < 1.29 is 22.7 Å². The molecule has 0 saturated carbocycles. The molecule has 33 heavy (non-hydrogen) atoms. The average Bonchev–Trinajstić information content (AvgIpc) is 3.20. The number of ether oxygens (including phenoxy) is 1. The number of morpholine rings is 1. The minimum atomic E-state index is -3.67. The summed E-state index contributed by atoms with van der Waals surface area (Å²) in [6.45, 7) is 3.09. The van der Waals surface area contributed by atoms with E-state index >= 15 is 0 Å². The Balaban J connectivity index is 1.49. The molecule has 1 N–H and O–H groups in total. The summed E-state index contributed by atoms with van der Waals surface area (Å²) in [5.41, 5.74) is 2.15. The van der Waals surface area contributed by atoms with Crippen LogP contribution < -0.4 is 10.2 Å². The van der Waals surface area contributed by atoms with Crippen LogP contribution in [-0.2, 0) is 37.2 Å². The maximum atomic E-state index is 13.0. The van der Waals surface area contributed by atoms with Crippen molar-refractivity contribution in [3.63, 3.8) is 0 Å². The number of nitrogens with one attached hydrogen (secondary N) is 1. The number of benzene rings is 2. The van der Waals surface area contributed by atoms with E-state index in [1.54, 1.807) is 18.2 Å². The first-order valence-corrected chi connectivity index (χ1v) is 12.6. The van der Waals surface area contributed by atoms with E-state index in [0.717, 1.165) is 5.56 Å². The van der Waals surface area contributed by atoms with Crippen LogP contribution in [0, 0.1) is 0 Å². The standard InChI is InChI=1S/C23H26ClN3O5S/c1-16(28)27-21-7-6-19(33(30,31)26-10-12-32-13-11-26)14-18(21)15-22(27)23(29)25-9-8-17-4-2-3-5-20(17)24/h2-7,14,22H,8-13,15H2,1H3,(H,25,29). The lowest BCUT2D eigenvalue weighted by Gasteiger charge is -2.26. The van der Waals surface area contributed by atoms with Crippen LogP contribution in [0.15, 0.2) is 47.4 Å². The van der Waals surface area contributed by atoms with Crippen LogP contribution in [0.1, 0.15) is 18.1 Å². The van der Waals surface area contributed by atoms with Crippen molar-refractivity contribution in [2.45, 2.75) is 30.7 Å². The molecule has 4 rings (SSSR count). The molecule has 2 aliphatic rings. The minimum Gasteiger partial charge on any atom is -0.379 e. The van der Waals surface area contributed by atoms with E-state index in [1.165, 1.54) is 22.2 Å². The molecule has 2 amide bonds. The van der Waals surface area contributed by atoms with E-state index in [0.29, 0.717) is 55.5 Å². The van der Waals surface area contributed by atoms with Crippen molar-refractivity contribution >= 4 is 39.1 Å². The first kappa shape index (κ1) is 23.7. The van der Waals surface area contributed by atoms with Gasteiger partial charge in [-0.05, 0) is 41.8 Å². The van der Waals surface area contributed by atoms with Crippen molar-refractivity contribution in [2.24, 2.45) is 0 Å². The number of nitrogens with zero attached hydrogens (tertiary/aromatic N) is 2. The van der Waals surface area contributed by atoms with Gasteiger partial charge in [0.25, 0.3) is 0 Å². The summed E-state index contributed by atoms with van der Waals surface area (Å²) >= 11 is 6.17. The molecule has 0 aliphatic carbocycles. The summed E-state index contributed by atoms with van der Waals surface area (Å²) in [7, 11) is -3.67. The van der Waals surface area contributed by atoms with Gasteiger partial charge in [0, 0.05) is 43.7 Å². The van der Waals surface area contributed by atoms with Crippen LogP contribution in [-0.4, -0.2) is 63.4 Å². The zero-order chi connectivity index (χ0) is 23.6. The Kier molecular flexibility index (Phi) is 7.04. The van der Waals surface area contributed by atoms with E-state index in [2.05, 4.69) is 5.32 Å². The molecule has 2 aromatic rings. The molecule has 1 unspecified atom stereocenters. The Morgan fingerprint density at radius 2 is 1.88 bits per heavy atom. The SMILES string of the molecule is CC(=O)N1c2ccc(S(=O)(=O)N3CCOCC3)cc2CC1C(=O)NCCc1ccccc1Cl. The van der Waals surface area contributed by atoms with Crippen LogP contribution >= 0.6 is 11.6 Å². The maximum Gasteiger partial charge on any atom is 0.243 e. The van der Waals surface area contributed by atoms with E-state index in [9.17, 15) is 18.0 Å². The second-order valence-electron chi connectivity index (χ2n) is 8.05. The number of carbonyl (C=O) groups excluding carboxylic acids is 2. The second kappa shape index (κ2) is 9.80. The summed E-state index contributed by atoms with van der Waals surface area (Å²) in [6.07, 6.45) is 0.812. The van der Waals surface area contributed by atoms with Crippen LogP contribution in [0.3, 0.4) is 0 Å². The molecule has 0 radical (unpaired) electrons. The van der Waals surface area contributed by atoms with E-state index < -0.39 is 16.1 Å². The van der Waals surface area contributed by atoms with Crippen molar-refractivity contribution in [3.05, 3.63) is 58.6 Å². The lowest BCUT2D eigenvalue weighted by atomic mass is 10.1. The van der Waals surface area contributed by atoms with E-state index in [-0.39, 0.29) is 23.1 Å². The number of anilines is 1. The maximum absolute atomic E-state index is 13.0. The number of rotatable bonds is 6. The monoisotopic (exact) mass is 491 g/mol. The van der Waals surface area contributed by atoms with Gasteiger partial charge in [-0.2, -0.15) is 4.31 Å². The predicted octanol–water partition coefficient (Wildman–Crippen LogP) is 2.00. The third kappa shape index (κ3) is 4.91. The lowest BCUT2D eigenvalue weighted by molar-refractivity contribution is -0.125. The molecule has 0 spiro atoms. The third-order valence-electron chi connectivity index (χ3n) is 5.94. The van der Waals surface area contributed by atoms with Gasteiger partial charge >= 0.3 is 0 Å². The van der Waals surface area contributed by atoms with Gasteiger partial charge in [-0.25, -0.2) is 8.42 Å². The van der Waals surface area contributed by atoms with Gasteiger partial charge in [-0.3, -0.25) is 14.5 Å². The molecule has 2 aliphatic heterocycles. The molecular formula is C23H26ClN3O5S. The summed E-state index contributed by atoms with van der Waals surface area (Å²) < 4.78 is 32.7. The number of hydrogen-bond acceptors (Lipinski definition) is 5. The summed E-state index contributed by atoms with van der Waals surface area (Å²) in [4.78, 5) is 26.9. The predicted molar refractivity (Wildman–Crippen MR) is 125 cm³/mol. The highest BCUT2D eigenvalue weighted by molar-refractivity contribution is 7.89. The van der Waals surface area contributed by atoms with Crippen molar-refractivity contribution in [1.82, 2.24) is 9.62 Å². The Bertz CT molecular complexity index is 1160. The zero-order valence-corrected chi connectivity index (χ0v) is 19.9. The Labute approximate surface area is 198 Å². The fraction of sp³-hybridized carbons (Fsp3) is 0.391. The summed E-state index contributed by atoms with van der Waals surface area (Å²) in [5, 5.41) is 3.52. The molecule has 1 atom stereocenters. The smallest absolute Gasteiger partial charge is 0.243 e. The third-order valence-corrected chi connectivity index (χ3v) is 8.20. The first-order chi connectivity index (χ1) is 15.8. The van der Waals surface area contributed by atoms with Crippen LogP contribution in [0.4, 0.5) is 5.69 Å². The Morgan fingerprint density at radius 3 is 2.58 bits per heavy atom. The topological polar surface area (TPSA) is 96.0 Å². The fourth-order valence-electron chi connectivity index (χ4n) is 4.26. The van der Waals surface area contributed by atoms with Gasteiger partial charge < -0.3 is 10.1 Å². The van der Waals surface area contributed by atoms with Gasteiger partial charge in [-0.1, -0.05) is 29.8 Å². The molecule has 2 heterocycles. The largest absolute Gasteiger partial charge is 0.379 e. The van der Waals surface area contributed by atoms with Gasteiger partial charge in [-0.15, -0.1) is 0 Å². The quantitative estimate of drug-likeness (QED) is 0.666. The van der Waals surface area contributed by atoms with Crippen molar-refractivity contribution in [1.29, 1.82) is 0 Å². The van der Waals surface area contributed by atoms with Crippen LogP contribution in [0.5, 0.6) is 0 Å². The van der Waals surface area contributed by atoms with Gasteiger partial charge in [0.1, 0.15) is 6.04 Å². The molecule has 176 valence electrons.